The second kappa shape index (κ2) is 9.63. The Hall–Kier alpha value is -2.50. The predicted molar refractivity (Wildman–Crippen MR) is 131 cm³/mol. The van der Waals surface area contributed by atoms with E-state index < -0.39 is 22.0 Å². The van der Waals surface area contributed by atoms with Gasteiger partial charge in [-0.1, -0.05) is 11.3 Å². The van der Waals surface area contributed by atoms with Gasteiger partial charge in [-0.05, 0) is 70.2 Å². The van der Waals surface area contributed by atoms with Crippen LogP contribution in [-0.4, -0.2) is 48.2 Å². The van der Waals surface area contributed by atoms with Gasteiger partial charge >= 0.3 is 0 Å². The van der Waals surface area contributed by atoms with Crippen molar-refractivity contribution in [2.45, 2.75) is 63.3 Å². The zero-order valence-electron chi connectivity index (χ0n) is 19.7. The minimum atomic E-state index is -3.85. The molecule has 184 valence electrons. The second-order valence-corrected chi connectivity index (χ2v) is 12.3. The second-order valence-electron chi connectivity index (χ2n) is 9.18. The average molecular weight is 507 g/mol. The number of nitrogens with zero attached hydrogens (tertiary/aromatic N) is 2. The number of fused-ring (bicyclic) bond motifs is 3. The third kappa shape index (κ3) is 5.11. The fourth-order valence-corrected chi connectivity index (χ4v) is 8.10. The third-order valence-corrected chi connectivity index (χ3v) is 9.69. The quantitative estimate of drug-likeness (QED) is 0.592. The van der Waals surface area contributed by atoms with E-state index in [1.54, 1.807) is 31.2 Å². The Labute approximate surface area is 204 Å². The van der Waals surface area contributed by atoms with Crippen molar-refractivity contribution in [2.24, 2.45) is 11.8 Å². The van der Waals surface area contributed by atoms with E-state index in [9.17, 15) is 18.0 Å². The molecule has 2 amide bonds. The molecule has 2 aromatic rings. The minimum absolute atomic E-state index is 0.0580. The summed E-state index contributed by atoms with van der Waals surface area (Å²) in [6.45, 7) is 7.26. The summed E-state index contributed by atoms with van der Waals surface area (Å²) in [6.07, 6.45) is 2.26. The van der Waals surface area contributed by atoms with E-state index in [1.807, 2.05) is 13.8 Å². The molecule has 2 saturated heterocycles. The monoisotopic (exact) mass is 506 g/mol. The minimum Gasteiger partial charge on any atom is -0.491 e. The SMILES string of the molecule is CC(=O)Nc1nc(C)c(S(=O)(=O)N2CC3CCC2C(C(=O)Nc2ccc(OC(C)C)cc2)C3)s1. The highest BCUT2D eigenvalue weighted by Gasteiger charge is 2.49. The van der Waals surface area contributed by atoms with E-state index in [4.69, 9.17) is 4.74 Å². The number of carbonyl (C=O) groups excluding carboxylic acids is 2. The molecule has 34 heavy (non-hydrogen) atoms. The number of ether oxygens (including phenoxy) is 1. The summed E-state index contributed by atoms with van der Waals surface area (Å²) >= 11 is 0.948. The van der Waals surface area contributed by atoms with Gasteiger partial charge in [-0.25, -0.2) is 13.4 Å². The number of anilines is 2. The zero-order valence-corrected chi connectivity index (χ0v) is 21.3. The van der Waals surface area contributed by atoms with Gasteiger partial charge in [0, 0.05) is 25.2 Å². The van der Waals surface area contributed by atoms with Crippen molar-refractivity contribution in [3.8, 4) is 5.75 Å². The first kappa shape index (κ1) is 24.6. The van der Waals surface area contributed by atoms with Gasteiger partial charge in [0.15, 0.2) is 9.34 Å². The van der Waals surface area contributed by atoms with Crippen molar-refractivity contribution in [2.75, 3.05) is 17.2 Å². The van der Waals surface area contributed by atoms with Gasteiger partial charge in [0.1, 0.15) is 5.75 Å². The molecule has 3 unspecified atom stereocenters. The molecule has 3 heterocycles. The molecule has 0 spiro atoms. The van der Waals surface area contributed by atoms with Crippen LogP contribution in [0.25, 0.3) is 0 Å². The zero-order chi connectivity index (χ0) is 24.6. The number of amides is 2. The largest absolute Gasteiger partial charge is 0.491 e. The molecule has 1 aliphatic carbocycles. The number of piperidine rings is 2. The number of sulfonamides is 1. The topological polar surface area (TPSA) is 118 Å². The van der Waals surface area contributed by atoms with Crippen LogP contribution in [0.15, 0.2) is 28.5 Å². The van der Waals surface area contributed by atoms with Crippen LogP contribution < -0.4 is 15.4 Å². The van der Waals surface area contributed by atoms with Crippen molar-refractivity contribution < 1.29 is 22.7 Å². The smallest absolute Gasteiger partial charge is 0.254 e. The van der Waals surface area contributed by atoms with Gasteiger partial charge in [0.05, 0.1) is 17.7 Å². The van der Waals surface area contributed by atoms with Crippen LogP contribution in [0.3, 0.4) is 0 Å². The molecule has 2 aliphatic heterocycles. The molecule has 5 rings (SSSR count). The van der Waals surface area contributed by atoms with Crippen LogP contribution in [0.5, 0.6) is 5.75 Å². The van der Waals surface area contributed by atoms with Crippen molar-refractivity contribution in [1.82, 2.24) is 9.29 Å². The first-order valence-electron chi connectivity index (χ1n) is 11.4. The number of thiazole rings is 1. The highest BCUT2D eigenvalue weighted by molar-refractivity contribution is 7.91. The molecule has 3 fully saturated rings. The molecule has 3 aliphatic rings. The summed E-state index contributed by atoms with van der Waals surface area (Å²) in [4.78, 5) is 28.8. The first-order valence-corrected chi connectivity index (χ1v) is 13.6. The van der Waals surface area contributed by atoms with Gasteiger partial charge in [0.2, 0.25) is 11.8 Å². The van der Waals surface area contributed by atoms with Crippen LogP contribution in [-0.2, 0) is 19.6 Å². The molecule has 3 atom stereocenters. The summed E-state index contributed by atoms with van der Waals surface area (Å²) in [5, 5.41) is 5.76. The molecular weight excluding hydrogens is 476 g/mol. The number of benzene rings is 1. The van der Waals surface area contributed by atoms with Gasteiger partial charge in [0.25, 0.3) is 10.0 Å². The van der Waals surface area contributed by atoms with E-state index in [0.717, 1.165) is 23.5 Å². The number of carbonyl (C=O) groups is 2. The third-order valence-electron chi connectivity index (χ3n) is 6.14. The molecule has 2 N–H and O–H groups in total. The molecule has 0 radical (unpaired) electrons. The first-order chi connectivity index (χ1) is 16.0. The molecule has 9 nitrogen and oxygen atoms in total. The number of aromatic nitrogens is 1. The highest BCUT2D eigenvalue weighted by Crippen LogP contribution is 2.43. The van der Waals surface area contributed by atoms with E-state index in [1.165, 1.54) is 11.2 Å². The van der Waals surface area contributed by atoms with Gasteiger partial charge in [-0.2, -0.15) is 4.31 Å². The van der Waals surface area contributed by atoms with Crippen LogP contribution >= 0.6 is 11.3 Å². The summed E-state index contributed by atoms with van der Waals surface area (Å²) in [5.41, 5.74) is 0.995. The van der Waals surface area contributed by atoms with Crippen molar-refractivity contribution in [3.63, 3.8) is 0 Å². The normalized spacial score (nSPS) is 22.6. The van der Waals surface area contributed by atoms with Crippen LogP contribution in [0.2, 0.25) is 0 Å². The number of rotatable bonds is 7. The Balaban J connectivity index is 1.52. The molecule has 11 heteroatoms. The van der Waals surface area contributed by atoms with E-state index in [-0.39, 0.29) is 33.2 Å². The number of aryl methyl sites for hydroxylation is 1. The van der Waals surface area contributed by atoms with E-state index >= 15 is 0 Å². The highest BCUT2D eigenvalue weighted by atomic mass is 32.2. The van der Waals surface area contributed by atoms with Crippen molar-refractivity contribution in [1.29, 1.82) is 0 Å². The Morgan fingerprint density at radius 3 is 2.50 bits per heavy atom. The Morgan fingerprint density at radius 2 is 1.88 bits per heavy atom. The maximum Gasteiger partial charge on any atom is 0.254 e. The maximum absolute atomic E-state index is 13.6. The lowest BCUT2D eigenvalue weighted by Gasteiger charge is -2.48. The lowest BCUT2D eigenvalue weighted by atomic mass is 9.73. The number of nitrogens with one attached hydrogen (secondary N) is 2. The lowest BCUT2D eigenvalue weighted by molar-refractivity contribution is -0.125. The van der Waals surface area contributed by atoms with Crippen LogP contribution in [0.1, 0.15) is 45.7 Å². The molecule has 1 saturated carbocycles. The van der Waals surface area contributed by atoms with Gasteiger partial charge in [-0.15, -0.1) is 0 Å². The summed E-state index contributed by atoms with van der Waals surface area (Å²) in [6, 6.07) is 6.77. The molecule has 1 aromatic carbocycles. The molecule has 1 aromatic heterocycles. The standard InChI is InChI=1S/C23H30N4O5S2/c1-13(2)32-18-8-6-17(7-9-18)26-21(29)19-11-16-5-10-20(19)27(12-16)34(30,31)22-14(3)24-23(33-22)25-15(4)28/h6-9,13,16,19-20H,5,10-12H2,1-4H3,(H,26,29)(H,24,25,28). The summed E-state index contributed by atoms with van der Waals surface area (Å²) in [5.74, 6) is -0.0693. The summed E-state index contributed by atoms with van der Waals surface area (Å²) in [7, 11) is -3.85. The van der Waals surface area contributed by atoms with E-state index in [0.29, 0.717) is 30.8 Å². The Kier molecular flexibility index (Phi) is 6.97. The Morgan fingerprint density at radius 1 is 1.18 bits per heavy atom. The maximum atomic E-state index is 13.6. The fraction of sp³-hybridized carbons (Fsp3) is 0.522. The number of hydrogen-bond donors (Lipinski definition) is 2. The summed E-state index contributed by atoms with van der Waals surface area (Å²) < 4.78 is 34.4. The fourth-order valence-electron chi connectivity index (χ4n) is 4.76. The number of hydrogen-bond acceptors (Lipinski definition) is 7. The predicted octanol–water partition coefficient (Wildman–Crippen LogP) is 3.63. The van der Waals surface area contributed by atoms with Gasteiger partial charge < -0.3 is 15.4 Å². The van der Waals surface area contributed by atoms with Gasteiger partial charge in [-0.3, -0.25) is 9.59 Å². The molecular formula is C23H30N4O5S2. The van der Waals surface area contributed by atoms with Crippen LogP contribution in [0.4, 0.5) is 10.8 Å². The van der Waals surface area contributed by atoms with Crippen molar-refractivity contribution in [3.05, 3.63) is 30.0 Å². The Bertz CT molecular complexity index is 1180. The van der Waals surface area contributed by atoms with Crippen molar-refractivity contribution >= 4 is 44.0 Å². The van der Waals surface area contributed by atoms with E-state index in [2.05, 4.69) is 15.6 Å². The average Bonchev–Trinajstić information content (AvgIpc) is 3.15. The lowest BCUT2D eigenvalue weighted by Crippen LogP contribution is -2.57. The molecule has 2 bridgehead atoms. The van der Waals surface area contributed by atoms with Crippen LogP contribution in [0, 0.1) is 18.8 Å².